The summed E-state index contributed by atoms with van der Waals surface area (Å²) in [7, 11) is 0. The number of amides is 1. The van der Waals surface area contributed by atoms with Crippen LogP contribution in [0.25, 0.3) is 27.8 Å². The molecule has 36 heavy (non-hydrogen) atoms. The summed E-state index contributed by atoms with van der Waals surface area (Å²) in [6.07, 6.45) is 4.02. The molecule has 1 aliphatic rings. The Morgan fingerprint density at radius 3 is 2.50 bits per heavy atom. The molecule has 1 aromatic heterocycles. The van der Waals surface area contributed by atoms with Gasteiger partial charge in [0.15, 0.2) is 4.32 Å². The van der Waals surface area contributed by atoms with Crippen LogP contribution >= 0.6 is 47.2 Å². The molecule has 0 atom stereocenters. The minimum atomic E-state index is -0.194. The summed E-state index contributed by atoms with van der Waals surface area (Å²) in [6, 6.07) is 28.2. The van der Waals surface area contributed by atoms with Crippen LogP contribution < -0.4 is 4.90 Å². The molecule has 1 aliphatic heterocycles. The van der Waals surface area contributed by atoms with Crippen LogP contribution in [-0.4, -0.2) is 14.8 Å². The molecule has 2 heterocycles. The zero-order valence-corrected chi connectivity index (χ0v) is 22.0. The number of halogens is 2. The maximum absolute atomic E-state index is 13.4. The lowest BCUT2D eigenvalue weighted by molar-refractivity contribution is -0.113. The number of hydrogen-bond donors (Lipinski definition) is 0. The number of aromatic nitrogens is 1. The molecule has 1 amide bonds. The molecule has 0 bridgehead atoms. The average molecular weight is 546 g/mol. The molecule has 1 fully saturated rings. The van der Waals surface area contributed by atoms with E-state index in [2.05, 4.69) is 65.4 Å². The van der Waals surface area contributed by atoms with Crippen molar-refractivity contribution in [2.75, 3.05) is 4.90 Å². The van der Waals surface area contributed by atoms with Crippen LogP contribution in [-0.2, 0) is 11.3 Å². The van der Waals surface area contributed by atoms with Crippen molar-refractivity contribution < 1.29 is 4.79 Å². The van der Waals surface area contributed by atoms with E-state index in [4.69, 9.17) is 35.4 Å². The van der Waals surface area contributed by atoms with Crippen LogP contribution in [0.1, 0.15) is 11.1 Å². The number of thiocarbonyl (C=S) groups is 1. The fraction of sp³-hybridized carbons (Fsp3) is 0.0345. The van der Waals surface area contributed by atoms with Gasteiger partial charge in [0.25, 0.3) is 5.91 Å². The van der Waals surface area contributed by atoms with E-state index < -0.39 is 0 Å². The number of fused-ring (bicyclic) bond motifs is 2. The molecule has 4 aromatic carbocycles. The van der Waals surface area contributed by atoms with Gasteiger partial charge in [0.1, 0.15) is 0 Å². The molecule has 0 N–H and O–H groups in total. The van der Waals surface area contributed by atoms with E-state index >= 15 is 0 Å². The monoisotopic (exact) mass is 544 g/mol. The molecule has 6 rings (SSSR count). The molecular formula is C29H18Cl2N2OS2. The standard InChI is InChI=1S/C29H18Cl2N2OS2/c30-22-11-12-26(24(31)15-22)33-28(34)27(36-29(33)35)14-21-17-32(25-8-4-3-7-23(21)25)16-18-9-10-19-5-1-2-6-20(19)13-18/h1-15,17H,16H2/b27-14+. The summed E-state index contributed by atoms with van der Waals surface area (Å²) < 4.78 is 2.66. The van der Waals surface area contributed by atoms with E-state index in [9.17, 15) is 4.79 Å². The normalized spacial score (nSPS) is 15.1. The zero-order chi connectivity index (χ0) is 24.8. The van der Waals surface area contributed by atoms with Crippen molar-refractivity contribution in [3.63, 3.8) is 0 Å². The highest BCUT2D eigenvalue weighted by atomic mass is 35.5. The lowest BCUT2D eigenvalue weighted by Gasteiger charge is -2.16. The second-order valence-electron chi connectivity index (χ2n) is 8.52. The van der Waals surface area contributed by atoms with Crippen LogP contribution in [0.5, 0.6) is 0 Å². The molecule has 0 unspecified atom stereocenters. The number of para-hydroxylation sites is 1. The molecule has 0 aliphatic carbocycles. The van der Waals surface area contributed by atoms with Crippen LogP contribution in [0.2, 0.25) is 10.0 Å². The molecule has 0 radical (unpaired) electrons. The van der Waals surface area contributed by atoms with Gasteiger partial charge >= 0.3 is 0 Å². The highest BCUT2D eigenvalue weighted by Crippen LogP contribution is 2.40. The Labute approximate surface area is 227 Å². The van der Waals surface area contributed by atoms with Gasteiger partial charge in [0.2, 0.25) is 0 Å². The largest absolute Gasteiger partial charge is 0.342 e. The van der Waals surface area contributed by atoms with Crippen LogP contribution in [0, 0.1) is 0 Å². The van der Waals surface area contributed by atoms with Gasteiger partial charge in [-0.1, -0.05) is 102 Å². The van der Waals surface area contributed by atoms with E-state index in [0.717, 1.165) is 23.0 Å². The van der Waals surface area contributed by atoms with E-state index in [-0.39, 0.29) is 5.91 Å². The first-order valence-corrected chi connectivity index (χ1v) is 13.2. The Balaban J connectivity index is 1.37. The van der Waals surface area contributed by atoms with Crippen molar-refractivity contribution in [2.45, 2.75) is 6.54 Å². The molecule has 0 saturated carbocycles. The van der Waals surface area contributed by atoms with Crippen molar-refractivity contribution in [1.82, 2.24) is 4.57 Å². The number of benzene rings is 4. The molecule has 7 heteroatoms. The van der Waals surface area contributed by atoms with Gasteiger partial charge in [0, 0.05) is 34.2 Å². The number of rotatable bonds is 4. The predicted octanol–water partition coefficient (Wildman–Crippen LogP) is 8.56. The van der Waals surface area contributed by atoms with Gasteiger partial charge in [-0.2, -0.15) is 0 Å². The Kier molecular flexibility index (Phi) is 6.10. The maximum Gasteiger partial charge on any atom is 0.270 e. The minimum absolute atomic E-state index is 0.194. The highest BCUT2D eigenvalue weighted by Gasteiger charge is 2.34. The molecule has 0 spiro atoms. The van der Waals surface area contributed by atoms with Gasteiger partial charge in [-0.25, -0.2) is 0 Å². The predicted molar refractivity (Wildman–Crippen MR) is 157 cm³/mol. The van der Waals surface area contributed by atoms with Crippen molar-refractivity contribution in [3.8, 4) is 0 Å². The fourth-order valence-corrected chi connectivity index (χ4v) is 6.30. The summed E-state index contributed by atoms with van der Waals surface area (Å²) in [4.78, 5) is 15.4. The third kappa shape index (κ3) is 4.22. The number of carbonyl (C=O) groups excluding carboxylic acids is 1. The van der Waals surface area contributed by atoms with Gasteiger partial charge in [-0.15, -0.1) is 0 Å². The first-order chi connectivity index (χ1) is 17.5. The molecule has 5 aromatic rings. The number of anilines is 1. The minimum Gasteiger partial charge on any atom is -0.342 e. The first kappa shape index (κ1) is 23.3. The van der Waals surface area contributed by atoms with Gasteiger partial charge in [0.05, 0.1) is 15.6 Å². The SMILES string of the molecule is O=C1/C(=C\c2cn(Cc3ccc4ccccc4c3)c3ccccc23)SC(=S)N1c1ccc(Cl)cc1Cl. The Bertz CT molecular complexity index is 1720. The summed E-state index contributed by atoms with van der Waals surface area (Å²) in [5, 5.41) is 4.41. The zero-order valence-electron chi connectivity index (χ0n) is 18.8. The molecule has 3 nitrogen and oxygen atoms in total. The molecule has 1 saturated heterocycles. The van der Waals surface area contributed by atoms with E-state index in [1.54, 1.807) is 18.2 Å². The van der Waals surface area contributed by atoms with Crippen LogP contribution in [0.3, 0.4) is 0 Å². The van der Waals surface area contributed by atoms with Crippen molar-refractivity contribution in [1.29, 1.82) is 0 Å². The first-order valence-electron chi connectivity index (χ1n) is 11.3. The maximum atomic E-state index is 13.4. The van der Waals surface area contributed by atoms with Crippen molar-refractivity contribution >= 4 is 90.8 Å². The summed E-state index contributed by atoms with van der Waals surface area (Å²) >= 11 is 19.2. The summed E-state index contributed by atoms with van der Waals surface area (Å²) in [5.41, 5.74) is 3.82. The molecule has 176 valence electrons. The summed E-state index contributed by atoms with van der Waals surface area (Å²) in [6.45, 7) is 0.723. The fourth-order valence-electron chi connectivity index (χ4n) is 4.53. The smallest absolute Gasteiger partial charge is 0.270 e. The Morgan fingerprint density at radius 2 is 1.67 bits per heavy atom. The van der Waals surface area contributed by atoms with Gasteiger partial charge in [-0.05, 0) is 52.7 Å². The second kappa shape index (κ2) is 9.41. The van der Waals surface area contributed by atoms with E-state index in [1.165, 1.54) is 33.0 Å². The topological polar surface area (TPSA) is 25.2 Å². The van der Waals surface area contributed by atoms with Crippen LogP contribution in [0.4, 0.5) is 5.69 Å². The van der Waals surface area contributed by atoms with Crippen LogP contribution in [0.15, 0.2) is 96.0 Å². The quantitative estimate of drug-likeness (QED) is 0.167. The number of thioether (sulfide) groups is 1. The van der Waals surface area contributed by atoms with Gasteiger partial charge < -0.3 is 4.57 Å². The Hall–Kier alpha value is -3.09. The van der Waals surface area contributed by atoms with Gasteiger partial charge in [-0.3, -0.25) is 9.69 Å². The number of nitrogens with zero attached hydrogens (tertiary/aromatic N) is 2. The van der Waals surface area contributed by atoms with E-state index in [0.29, 0.717) is 25.0 Å². The molecular weight excluding hydrogens is 527 g/mol. The average Bonchev–Trinajstić information content (AvgIpc) is 3.35. The summed E-state index contributed by atoms with van der Waals surface area (Å²) in [5.74, 6) is -0.194. The number of carbonyl (C=O) groups is 1. The van der Waals surface area contributed by atoms with Crippen molar-refractivity contribution in [3.05, 3.63) is 117 Å². The third-order valence-corrected chi connectivity index (χ3v) is 8.06. The Morgan fingerprint density at radius 1 is 0.889 bits per heavy atom. The lowest BCUT2D eigenvalue weighted by Crippen LogP contribution is -2.27. The highest BCUT2D eigenvalue weighted by molar-refractivity contribution is 8.27. The van der Waals surface area contributed by atoms with E-state index in [1.807, 2.05) is 18.2 Å². The third-order valence-electron chi connectivity index (χ3n) is 6.22. The lowest BCUT2D eigenvalue weighted by atomic mass is 10.1. The second-order valence-corrected chi connectivity index (χ2v) is 11.0. The number of hydrogen-bond acceptors (Lipinski definition) is 3. The van der Waals surface area contributed by atoms with Crippen molar-refractivity contribution in [2.24, 2.45) is 0 Å².